The lowest BCUT2D eigenvalue weighted by Gasteiger charge is -2.14. The van der Waals surface area contributed by atoms with Gasteiger partial charge in [-0.15, -0.1) is 0 Å². The van der Waals surface area contributed by atoms with Gasteiger partial charge in [0.1, 0.15) is 0 Å². The van der Waals surface area contributed by atoms with Crippen molar-refractivity contribution in [3.63, 3.8) is 0 Å². The largest absolute Gasteiger partial charge is 0.351 e. The van der Waals surface area contributed by atoms with Crippen molar-refractivity contribution in [1.29, 1.82) is 0 Å². The topological polar surface area (TPSA) is 42.0 Å². The van der Waals surface area contributed by atoms with E-state index in [-0.39, 0.29) is 10.7 Å². The molecule has 3 nitrogen and oxygen atoms in total. The second-order valence-electron chi connectivity index (χ2n) is 4.85. The fraction of sp³-hybridized carbons (Fsp3) is 0.333. The first kappa shape index (κ1) is 14.0. The molecule has 1 aromatic carbocycles. The zero-order valence-corrected chi connectivity index (χ0v) is 12.6. The summed E-state index contributed by atoms with van der Waals surface area (Å²) in [5, 5.41) is 3.85. The summed E-state index contributed by atoms with van der Waals surface area (Å²) in [7, 11) is 0. The molecular formula is C15H17BrN2O. The number of carbonyl (C=O) groups excluding carboxylic acids is 1. The SMILES string of the molecule is CC(C)C(Br)CNC(=O)c1ccnc2ccccc12. The molecule has 1 amide bonds. The highest BCUT2D eigenvalue weighted by atomic mass is 79.9. The van der Waals surface area contributed by atoms with E-state index in [9.17, 15) is 4.79 Å². The zero-order chi connectivity index (χ0) is 13.8. The molecule has 0 fully saturated rings. The van der Waals surface area contributed by atoms with Gasteiger partial charge in [0.05, 0.1) is 11.1 Å². The van der Waals surface area contributed by atoms with Crippen LogP contribution in [0.5, 0.6) is 0 Å². The van der Waals surface area contributed by atoms with E-state index in [0.29, 0.717) is 18.0 Å². The number of alkyl halides is 1. The van der Waals surface area contributed by atoms with Crippen LogP contribution in [0.4, 0.5) is 0 Å². The quantitative estimate of drug-likeness (QED) is 0.877. The maximum Gasteiger partial charge on any atom is 0.252 e. The standard InChI is InChI=1S/C15H17BrN2O/c1-10(2)13(16)9-18-15(19)12-7-8-17-14-6-4-3-5-11(12)14/h3-8,10,13H,9H2,1-2H3,(H,18,19). The number of para-hydroxylation sites is 1. The Bertz CT molecular complexity index is 578. The fourth-order valence-corrected chi connectivity index (χ4v) is 1.98. The van der Waals surface area contributed by atoms with Gasteiger partial charge in [0, 0.05) is 23.0 Å². The van der Waals surface area contributed by atoms with Crippen molar-refractivity contribution in [2.45, 2.75) is 18.7 Å². The lowest BCUT2D eigenvalue weighted by Crippen LogP contribution is -2.31. The Morgan fingerprint density at radius 3 is 2.79 bits per heavy atom. The van der Waals surface area contributed by atoms with E-state index in [1.54, 1.807) is 12.3 Å². The van der Waals surface area contributed by atoms with Crippen molar-refractivity contribution in [3.05, 3.63) is 42.1 Å². The van der Waals surface area contributed by atoms with Crippen molar-refractivity contribution in [2.24, 2.45) is 5.92 Å². The molecule has 1 atom stereocenters. The van der Waals surface area contributed by atoms with Gasteiger partial charge >= 0.3 is 0 Å². The van der Waals surface area contributed by atoms with Gasteiger partial charge in [0.15, 0.2) is 0 Å². The first-order valence-corrected chi connectivity index (χ1v) is 7.27. The molecule has 100 valence electrons. The minimum Gasteiger partial charge on any atom is -0.351 e. The van der Waals surface area contributed by atoms with Gasteiger partial charge in [0.2, 0.25) is 0 Å². The molecule has 1 unspecified atom stereocenters. The maximum absolute atomic E-state index is 12.2. The number of hydrogen-bond acceptors (Lipinski definition) is 2. The van der Waals surface area contributed by atoms with Crippen LogP contribution in [-0.2, 0) is 0 Å². The molecule has 2 rings (SSSR count). The summed E-state index contributed by atoms with van der Waals surface area (Å²) in [6, 6.07) is 9.43. The van der Waals surface area contributed by atoms with Crippen LogP contribution < -0.4 is 5.32 Å². The number of carbonyl (C=O) groups is 1. The number of benzene rings is 1. The summed E-state index contributed by atoms with van der Waals surface area (Å²) < 4.78 is 0. The van der Waals surface area contributed by atoms with E-state index in [1.807, 2.05) is 24.3 Å². The number of hydrogen-bond donors (Lipinski definition) is 1. The number of pyridine rings is 1. The summed E-state index contributed by atoms with van der Waals surface area (Å²) in [5.41, 5.74) is 1.52. The predicted molar refractivity (Wildman–Crippen MR) is 81.6 cm³/mol. The third-order valence-corrected chi connectivity index (χ3v) is 4.46. The molecule has 0 spiro atoms. The lowest BCUT2D eigenvalue weighted by atomic mass is 10.1. The van der Waals surface area contributed by atoms with Crippen LogP contribution in [0.25, 0.3) is 10.9 Å². The zero-order valence-electron chi connectivity index (χ0n) is 11.1. The van der Waals surface area contributed by atoms with Gasteiger partial charge < -0.3 is 5.32 Å². The molecule has 0 saturated heterocycles. The van der Waals surface area contributed by atoms with Crippen LogP contribution >= 0.6 is 15.9 Å². The summed E-state index contributed by atoms with van der Waals surface area (Å²) in [6.07, 6.45) is 1.67. The third-order valence-electron chi connectivity index (χ3n) is 3.07. The van der Waals surface area contributed by atoms with Crippen LogP contribution in [0.1, 0.15) is 24.2 Å². The van der Waals surface area contributed by atoms with Crippen molar-refractivity contribution < 1.29 is 4.79 Å². The van der Waals surface area contributed by atoms with E-state index in [4.69, 9.17) is 0 Å². The number of amides is 1. The van der Waals surface area contributed by atoms with Gasteiger partial charge in [-0.3, -0.25) is 9.78 Å². The first-order chi connectivity index (χ1) is 9.09. The van der Waals surface area contributed by atoms with Crippen molar-refractivity contribution >= 4 is 32.7 Å². The molecule has 0 bridgehead atoms. The highest BCUT2D eigenvalue weighted by Gasteiger charge is 2.13. The Morgan fingerprint density at radius 2 is 2.05 bits per heavy atom. The smallest absolute Gasteiger partial charge is 0.252 e. The normalized spacial score (nSPS) is 12.6. The summed E-state index contributed by atoms with van der Waals surface area (Å²) >= 11 is 3.57. The third kappa shape index (κ3) is 3.32. The summed E-state index contributed by atoms with van der Waals surface area (Å²) in [5.74, 6) is 0.429. The van der Waals surface area contributed by atoms with Gasteiger partial charge in [-0.05, 0) is 18.1 Å². The molecule has 0 aliphatic rings. The first-order valence-electron chi connectivity index (χ1n) is 6.35. The molecule has 1 heterocycles. The van der Waals surface area contributed by atoms with Gasteiger partial charge in [-0.25, -0.2) is 0 Å². The number of fused-ring (bicyclic) bond motifs is 1. The van der Waals surface area contributed by atoms with Gasteiger partial charge in [-0.2, -0.15) is 0 Å². The molecule has 0 saturated carbocycles. The molecular weight excluding hydrogens is 304 g/mol. The second-order valence-corrected chi connectivity index (χ2v) is 6.02. The molecule has 19 heavy (non-hydrogen) atoms. The Morgan fingerprint density at radius 1 is 1.32 bits per heavy atom. The van der Waals surface area contributed by atoms with Crippen LogP contribution in [-0.4, -0.2) is 22.3 Å². The van der Waals surface area contributed by atoms with Gasteiger partial charge in [0.25, 0.3) is 5.91 Å². The number of rotatable bonds is 4. The predicted octanol–water partition coefficient (Wildman–Crippen LogP) is 3.38. The molecule has 4 heteroatoms. The van der Waals surface area contributed by atoms with Crippen LogP contribution in [0.3, 0.4) is 0 Å². The monoisotopic (exact) mass is 320 g/mol. The van der Waals surface area contributed by atoms with Crippen molar-refractivity contribution in [1.82, 2.24) is 10.3 Å². The minimum absolute atomic E-state index is 0.0521. The lowest BCUT2D eigenvalue weighted by molar-refractivity contribution is 0.0954. The highest BCUT2D eigenvalue weighted by molar-refractivity contribution is 9.09. The van der Waals surface area contributed by atoms with E-state index in [0.717, 1.165) is 10.9 Å². The molecule has 2 aromatic rings. The van der Waals surface area contributed by atoms with Crippen molar-refractivity contribution in [2.75, 3.05) is 6.54 Å². The van der Waals surface area contributed by atoms with Crippen LogP contribution in [0, 0.1) is 5.92 Å². The van der Waals surface area contributed by atoms with Crippen molar-refractivity contribution in [3.8, 4) is 0 Å². The average molecular weight is 321 g/mol. The Kier molecular flexibility index (Phi) is 4.53. The highest BCUT2D eigenvalue weighted by Crippen LogP contribution is 2.16. The number of halogens is 1. The second kappa shape index (κ2) is 6.15. The Hall–Kier alpha value is -1.42. The van der Waals surface area contributed by atoms with Crippen LogP contribution in [0.15, 0.2) is 36.5 Å². The van der Waals surface area contributed by atoms with E-state index in [2.05, 4.69) is 40.1 Å². The number of nitrogens with one attached hydrogen (secondary N) is 1. The molecule has 1 aromatic heterocycles. The number of aromatic nitrogens is 1. The summed E-state index contributed by atoms with van der Waals surface area (Å²) in [4.78, 5) is 16.8. The molecule has 0 aliphatic carbocycles. The Labute approximate surface area is 121 Å². The minimum atomic E-state index is -0.0521. The molecule has 0 aliphatic heterocycles. The maximum atomic E-state index is 12.2. The molecule has 0 radical (unpaired) electrons. The van der Waals surface area contributed by atoms with E-state index in [1.165, 1.54) is 0 Å². The average Bonchev–Trinajstić information content (AvgIpc) is 2.43. The Balaban J connectivity index is 2.18. The fourth-order valence-electron chi connectivity index (χ4n) is 1.81. The van der Waals surface area contributed by atoms with Gasteiger partial charge in [-0.1, -0.05) is 48.0 Å². The summed E-state index contributed by atoms with van der Waals surface area (Å²) in [6.45, 7) is 4.86. The van der Waals surface area contributed by atoms with E-state index >= 15 is 0 Å². The number of nitrogens with zero attached hydrogens (tertiary/aromatic N) is 1. The molecule has 1 N–H and O–H groups in total. The van der Waals surface area contributed by atoms with Crippen LogP contribution in [0.2, 0.25) is 0 Å². The van der Waals surface area contributed by atoms with E-state index < -0.39 is 0 Å².